The van der Waals surface area contributed by atoms with Gasteiger partial charge in [0.15, 0.2) is 5.60 Å². The third-order valence-corrected chi connectivity index (χ3v) is 5.37. The van der Waals surface area contributed by atoms with Crippen LogP contribution in [0.3, 0.4) is 0 Å². The van der Waals surface area contributed by atoms with Crippen LogP contribution in [0.15, 0.2) is 24.3 Å². The lowest BCUT2D eigenvalue weighted by Crippen LogP contribution is -2.55. The molecule has 2 heterocycles. The van der Waals surface area contributed by atoms with Crippen LogP contribution < -0.4 is 5.32 Å². The summed E-state index contributed by atoms with van der Waals surface area (Å²) in [5, 5.41) is 2.81. The average Bonchev–Trinajstić information content (AvgIpc) is 2.65. The predicted octanol–water partition coefficient (Wildman–Crippen LogP) is 2.92. The van der Waals surface area contributed by atoms with Gasteiger partial charge in [0.25, 0.3) is 5.91 Å². The molecule has 3 rings (SSSR count). The first-order valence-electron chi connectivity index (χ1n) is 10.1. The number of alkyl carbamates (subject to hydrolysis) is 1. The van der Waals surface area contributed by atoms with E-state index in [2.05, 4.69) is 5.32 Å². The van der Waals surface area contributed by atoms with Crippen molar-refractivity contribution in [3.05, 3.63) is 35.4 Å². The van der Waals surface area contributed by atoms with Gasteiger partial charge in [0.1, 0.15) is 5.60 Å². The van der Waals surface area contributed by atoms with Crippen LogP contribution in [0.2, 0.25) is 0 Å². The van der Waals surface area contributed by atoms with E-state index < -0.39 is 23.3 Å². The first kappa shape index (κ1) is 21.1. The van der Waals surface area contributed by atoms with E-state index in [0.29, 0.717) is 31.6 Å². The van der Waals surface area contributed by atoms with E-state index >= 15 is 0 Å². The fourth-order valence-electron chi connectivity index (χ4n) is 3.87. The highest BCUT2D eigenvalue weighted by Gasteiger charge is 2.45. The number of nitrogens with zero attached hydrogens (tertiary/aromatic N) is 1. The first-order chi connectivity index (χ1) is 13.6. The smallest absolute Gasteiger partial charge is 0.407 e. The van der Waals surface area contributed by atoms with Crippen molar-refractivity contribution >= 4 is 18.0 Å². The Morgan fingerprint density at radius 1 is 1.24 bits per heavy atom. The van der Waals surface area contributed by atoms with Crippen molar-refractivity contribution in [2.75, 3.05) is 19.6 Å². The lowest BCUT2D eigenvalue weighted by Gasteiger charge is -2.40. The number of benzene rings is 1. The van der Waals surface area contributed by atoms with Gasteiger partial charge >= 0.3 is 12.1 Å². The second-order valence-electron chi connectivity index (χ2n) is 9.07. The molecule has 1 N–H and O–H groups in total. The summed E-state index contributed by atoms with van der Waals surface area (Å²) in [4.78, 5) is 39.0. The lowest BCUT2D eigenvalue weighted by molar-refractivity contribution is -0.152. The molecule has 29 heavy (non-hydrogen) atoms. The maximum absolute atomic E-state index is 13.1. The van der Waals surface area contributed by atoms with Gasteiger partial charge in [0.2, 0.25) is 0 Å². The summed E-state index contributed by atoms with van der Waals surface area (Å²) in [5.74, 6) is -0.313. The Bertz CT molecular complexity index is 793. The molecule has 1 aromatic carbocycles. The van der Waals surface area contributed by atoms with Crippen molar-refractivity contribution in [3.8, 4) is 0 Å². The van der Waals surface area contributed by atoms with E-state index in [1.165, 1.54) is 0 Å². The number of piperidine rings is 1. The van der Waals surface area contributed by atoms with Crippen LogP contribution in [0, 0.1) is 5.92 Å². The number of likely N-dealkylation sites (tertiary alicyclic amines) is 1. The molecular formula is C22H30N2O5. The van der Waals surface area contributed by atoms with Crippen LogP contribution in [-0.4, -0.2) is 53.7 Å². The molecule has 2 aliphatic rings. The number of ether oxygens (including phenoxy) is 2. The van der Waals surface area contributed by atoms with Crippen LogP contribution >= 0.6 is 0 Å². The molecule has 2 amide bonds. The zero-order chi connectivity index (χ0) is 21.2. The van der Waals surface area contributed by atoms with Crippen molar-refractivity contribution in [2.24, 2.45) is 5.92 Å². The van der Waals surface area contributed by atoms with E-state index in [9.17, 15) is 14.4 Å². The molecule has 1 aromatic rings. The monoisotopic (exact) mass is 402 g/mol. The van der Waals surface area contributed by atoms with Gasteiger partial charge in [0, 0.05) is 26.1 Å². The molecule has 1 fully saturated rings. The van der Waals surface area contributed by atoms with E-state index in [1.54, 1.807) is 24.0 Å². The molecule has 0 bridgehead atoms. The van der Waals surface area contributed by atoms with Gasteiger partial charge in [-0.2, -0.15) is 0 Å². The highest BCUT2D eigenvalue weighted by Crippen LogP contribution is 2.31. The van der Waals surface area contributed by atoms with Crippen molar-refractivity contribution in [2.45, 2.75) is 58.2 Å². The summed E-state index contributed by atoms with van der Waals surface area (Å²) < 4.78 is 10.8. The quantitative estimate of drug-likeness (QED) is 0.786. The van der Waals surface area contributed by atoms with Crippen molar-refractivity contribution < 1.29 is 23.9 Å². The Labute approximate surface area is 171 Å². The summed E-state index contributed by atoms with van der Waals surface area (Å²) in [5.41, 5.74) is -0.320. The molecule has 7 heteroatoms. The van der Waals surface area contributed by atoms with E-state index in [1.807, 2.05) is 32.9 Å². The Morgan fingerprint density at radius 2 is 1.90 bits per heavy atom. The first-order valence-corrected chi connectivity index (χ1v) is 10.1. The second-order valence-corrected chi connectivity index (χ2v) is 9.07. The molecule has 0 aliphatic carbocycles. The van der Waals surface area contributed by atoms with Gasteiger partial charge in [-0.1, -0.05) is 18.2 Å². The number of nitrogens with one attached hydrogen (secondary N) is 1. The zero-order valence-electron chi connectivity index (χ0n) is 17.6. The van der Waals surface area contributed by atoms with Gasteiger partial charge in [0.05, 0.1) is 5.56 Å². The Kier molecular flexibility index (Phi) is 5.87. The minimum atomic E-state index is -1.17. The van der Waals surface area contributed by atoms with E-state index in [0.717, 1.165) is 18.4 Å². The third kappa shape index (κ3) is 5.08. The topological polar surface area (TPSA) is 84.9 Å². The Balaban J connectivity index is 1.53. The number of rotatable bonds is 3. The standard InChI is InChI=1S/C22H30N2O5/c1-21(2,3)29-20(27)23-14-15-9-11-24(12-10-15)19(26)22(4)13-16-7-5-6-8-17(16)18(25)28-22/h5-8,15H,9-14H2,1-4H3,(H,23,27). The summed E-state index contributed by atoms with van der Waals surface area (Å²) in [6.07, 6.45) is 1.52. The molecule has 158 valence electrons. The number of cyclic esters (lactones) is 1. The van der Waals surface area contributed by atoms with Crippen molar-refractivity contribution in [1.29, 1.82) is 0 Å². The SMILES string of the molecule is CC(C)(C)OC(=O)NCC1CCN(C(=O)C2(C)Cc3ccccc3C(=O)O2)CC1. The van der Waals surface area contributed by atoms with Gasteiger partial charge in [-0.05, 0) is 58.1 Å². The number of fused-ring (bicyclic) bond motifs is 1. The van der Waals surface area contributed by atoms with Crippen LogP contribution in [0.5, 0.6) is 0 Å². The number of hydrogen-bond acceptors (Lipinski definition) is 5. The maximum Gasteiger partial charge on any atom is 0.407 e. The molecule has 7 nitrogen and oxygen atoms in total. The number of esters is 1. The van der Waals surface area contributed by atoms with Crippen molar-refractivity contribution in [1.82, 2.24) is 10.2 Å². The van der Waals surface area contributed by atoms with Crippen LogP contribution in [0.25, 0.3) is 0 Å². The third-order valence-electron chi connectivity index (χ3n) is 5.37. The van der Waals surface area contributed by atoms with Gasteiger partial charge < -0.3 is 19.7 Å². The summed E-state index contributed by atoms with van der Waals surface area (Å²) in [7, 11) is 0. The van der Waals surface area contributed by atoms with Crippen molar-refractivity contribution in [3.63, 3.8) is 0 Å². The summed E-state index contributed by atoms with van der Waals surface area (Å²) >= 11 is 0. The molecule has 0 radical (unpaired) electrons. The van der Waals surface area contributed by atoms with E-state index in [4.69, 9.17) is 9.47 Å². The average molecular weight is 402 g/mol. The molecule has 1 unspecified atom stereocenters. The highest BCUT2D eigenvalue weighted by molar-refractivity contribution is 5.97. The summed E-state index contributed by atoms with van der Waals surface area (Å²) in [6.45, 7) is 8.85. The molecule has 2 aliphatic heterocycles. The molecule has 0 spiro atoms. The van der Waals surface area contributed by atoms with Gasteiger partial charge in [-0.15, -0.1) is 0 Å². The summed E-state index contributed by atoms with van der Waals surface area (Å²) in [6, 6.07) is 7.26. The fraction of sp³-hybridized carbons (Fsp3) is 0.591. The molecule has 1 saturated heterocycles. The Morgan fingerprint density at radius 3 is 2.55 bits per heavy atom. The molecule has 1 atom stereocenters. The lowest BCUT2D eigenvalue weighted by atomic mass is 9.87. The number of amides is 2. The van der Waals surface area contributed by atoms with Gasteiger partial charge in [-0.25, -0.2) is 9.59 Å². The number of hydrogen-bond donors (Lipinski definition) is 1. The second kappa shape index (κ2) is 8.05. The fourth-order valence-corrected chi connectivity index (χ4v) is 3.87. The van der Waals surface area contributed by atoms with Crippen LogP contribution in [0.1, 0.15) is 56.5 Å². The highest BCUT2D eigenvalue weighted by atomic mass is 16.6. The van der Waals surface area contributed by atoms with E-state index in [-0.39, 0.29) is 11.8 Å². The molecule has 0 saturated carbocycles. The Hall–Kier alpha value is -2.57. The predicted molar refractivity (Wildman–Crippen MR) is 108 cm³/mol. The van der Waals surface area contributed by atoms with Gasteiger partial charge in [-0.3, -0.25) is 4.79 Å². The maximum atomic E-state index is 13.1. The molecule has 0 aromatic heterocycles. The van der Waals surface area contributed by atoms with Crippen LogP contribution in [0.4, 0.5) is 4.79 Å². The minimum Gasteiger partial charge on any atom is -0.445 e. The largest absolute Gasteiger partial charge is 0.445 e. The minimum absolute atomic E-state index is 0.154. The normalized spacial score (nSPS) is 22.5. The number of carbonyl (C=O) groups is 3. The van der Waals surface area contributed by atoms with Crippen LogP contribution in [-0.2, 0) is 20.7 Å². The molecular weight excluding hydrogens is 372 g/mol. The zero-order valence-corrected chi connectivity index (χ0v) is 17.6. The number of carbonyl (C=O) groups excluding carboxylic acids is 3.